The molecule has 96 valence electrons. The van der Waals surface area contributed by atoms with Crippen LogP contribution in [-0.2, 0) is 0 Å². The van der Waals surface area contributed by atoms with Crippen LogP contribution in [0, 0.1) is 33.5 Å². The monoisotopic (exact) mass is 247 g/mol. The third-order valence-corrected chi connectivity index (χ3v) is 3.64. The van der Waals surface area contributed by atoms with Gasteiger partial charge in [0.25, 0.3) is 0 Å². The third kappa shape index (κ3) is 1.95. The number of nitrogens with one attached hydrogen (secondary N) is 1. The van der Waals surface area contributed by atoms with Crippen LogP contribution in [0.25, 0.3) is 0 Å². The molecule has 0 radical (unpaired) electrons. The minimum atomic E-state index is -0.947. The number of rotatable bonds is 2. The van der Waals surface area contributed by atoms with Crippen molar-refractivity contribution >= 4 is 0 Å². The molecule has 1 atom stereocenters. The van der Waals surface area contributed by atoms with Crippen LogP contribution in [-0.4, -0.2) is 10.1 Å². The molecule has 0 bridgehead atoms. The molecule has 0 aliphatic heterocycles. The van der Waals surface area contributed by atoms with Gasteiger partial charge in [-0.15, -0.1) is 0 Å². The summed E-state index contributed by atoms with van der Waals surface area (Å²) in [6, 6.07) is 5.08. The van der Waals surface area contributed by atoms with Crippen molar-refractivity contribution < 1.29 is 9.50 Å². The van der Waals surface area contributed by atoms with Gasteiger partial charge in [-0.2, -0.15) is 0 Å². The lowest BCUT2D eigenvalue weighted by Gasteiger charge is -2.13. The number of benzene rings is 1. The molecule has 2 aromatic rings. The third-order valence-electron chi connectivity index (χ3n) is 3.64. The van der Waals surface area contributed by atoms with E-state index in [4.69, 9.17) is 0 Å². The molecule has 2 N–H and O–H groups in total. The minimum absolute atomic E-state index is 0.319. The van der Waals surface area contributed by atoms with Gasteiger partial charge in [-0.3, -0.25) is 0 Å². The lowest BCUT2D eigenvalue weighted by atomic mass is 10.0. The fraction of sp³-hybridized carbons (Fsp3) is 0.333. The Hall–Kier alpha value is -1.61. The van der Waals surface area contributed by atoms with E-state index >= 15 is 0 Å². The van der Waals surface area contributed by atoms with E-state index in [2.05, 4.69) is 4.98 Å². The predicted octanol–water partition coefficient (Wildman–Crippen LogP) is 3.47. The van der Waals surface area contributed by atoms with Gasteiger partial charge in [-0.1, -0.05) is 18.2 Å². The Morgan fingerprint density at radius 3 is 2.33 bits per heavy atom. The molecule has 1 aromatic carbocycles. The maximum Gasteiger partial charge on any atom is 0.132 e. The molecule has 0 saturated heterocycles. The molecule has 0 aliphatic rings. The fourth-order valence-electron chi connectivity index (χ4n) is 2.18. The first-order valence-electron chi connectivity index (χ1n) is 6.02. The molecule has 1 aromatic heterocycles. The predicted molar refractivity (Wildman–Crippen MR) is 70.2 cm³/mol. The Labute approximate surface area is 106 Å². The van der Waals surface area contributed by atoms with Crippen molar-refractivity contribution in [1.29, 1.82) is 0 Å². The second-order valence-electron chi connectivity index (χ2n) is 4.79. The summed E-state index contributed by atoms with van der Waals surface area (Å²) < 4.78 is 14.0. The highest BCUT2D eigenvalue weighted by atomic mass is 19.1. The Morgan fingerprint density at radius 1 is 1.11 bits per heavy atom. The molecule has 1 heterocycles. The molecule has 0 fully saturated rings. The molecular weight excluding hydrogens is 229 g/mol. The maximum atomic E-state index is 14.0. The molecule has 3 heteroatoms. The van der Waals surface area contributed by atoms with Crippen LogP contribution >= 0.6 is 0 Å². The molecule has 1 unspecified atom stereocenters. The van der Waals surface area contributed by atoms with E-state index in [9.17, 15) is 9.50 Å². The molecule has 18 heavy (non-hydrogen) atoms. The van der Waals surface area contributed by atoms with Crippen molar-refractivity contribution in [2.24, 2.45) is 0 Å². The van der Waals surface area contributed by atoms with E-state index in [1.807, 2.05) is 20.8 Å². The van der Waals surface area contributed by atoms with Gasteiger partial charge in [-0.25, -0.2) is 4.39 Å². The zero-order chi connectivity index (χ0) is 13.4. The van der Waals surface area contributed by atoms with E-state index in [0.717, 1.165) is 16.8 Å². The minimum Gasteiger partial charge on any atom is -0.382 e. The second-order valence-corrected chi connectivity index (χ2v) is 4.79. The van der Waals surface area contributed by atoms with Crippen molar-refractivity contribution in [3.05, 3.63) is 57.7 Å². The maximum absolute atomic E-state index is 14.0. The Morgan fingerprint density at radius 2 is 1.78 bits per heavy atom. The highest BCUT2D eigenvalue weighted by Crippen LogP contribution is 2.29. The number of aliphatic hydroxyl groups excluding tert-OH is 1. The van der Waals surface area contributed by atoms with Gasteiger partial charge in [0.05, 0.1) is 5.69 Å². The van der Waals surface area contributed by atoms with Crippen LogP contribution in [0.4, 0.5) is 4.39 Å². The van der Waals surface area contributed by atoms with Gasteiger partial charge >= 0.3 is 0 Å². The van der Waals surface area contributed by atoms with Crippen LogP contribution in [0.3, 0.4) is 0 Å². The molecule has 0 amide bonds. The van der Waals surface area contributed by atoms with Crippen LogP contribution < -0.4 is 0 Å². The number of aromatic amines is 1. The molecule has 0 saturated carbocycles. The number of aliphatic hydroxyl groups is 1. The van der Waals surface area contributed by atoms with Crippen molar-refractivity contribution in [3.63, 3.8) is 0 Å². The average Bonchev–Trinajstić information content (AvgIpc) is 2.60. The summed E-state index contributed by atoms with van der Waals surface area (Å²) in [5.74, 6) is -0.339. The number of aromatic nitrogens is 1. The van der Waals surface area contributed by atoms with Crippen molar-refractivity contribution in [2.75, 3.05) is 0 Å². The summed E-state index contributed by atoms with van der Waals surface area (Å²) in [4.78, 5) is 3.14. The van der Waals surface area contributed by atoms with Gasteiger partial charge < -0.3 is 10.1 Å². The van der Waals surface area contributed by atoms with Crippen LogP contribution in [0.15, 0.2) is 18.2 Å². The Kier molecular flexibility index (Phi) is 3.26. The summed E-state index contributed by atoms with van der Waals surface area (Å²) in [5.41, 5.74) is 4.64. The molecule has 2 rings (SSSR count). The van der Waals surface area contributed by atoms with Crippen molar-refractivity contribution in [1.82, 2.24) is 4.98 Å². The fourth-order valence-corrected chi connectivity index (χ4v) is 2.18. The Balaban J connectivity index is 2.51. The van der Waals surface area contributed by atoms with Gasteiger partial charge in [0.2, 0.25) is 0 Å². The SMILES string of the molecule is Cc1cccc(C(O)c2[nH]c(C)c(C)c2C)c1F. The lowest BCUT2D eigenvalue weighted by molar-refractivity contribution is 0.209. The lowest BCUT2D eigenvalue weighted by Crippen LogP contribution is -2.05. The highest BCUT2D eigenvalue weighted by Gasteiger charge is 2.20. The summed E-state index contributed by atoms with van der Waals surface area (Å²) in [5, 5.41) is 10.3. The van der Waals surface area contributed by atoms with Gasteiger partial charge in [-0.05, 0) is 44.4 Å². The molecule has 0 spiro atoms. The van der Waals surface area contributed by atoms with Gasteiger partial charge in [0.1, 0.15) is 11.9 Å². The van der Waals surface area contributed by atoms with Gasteiger partial charge in [0, 0.05) is 11.3 Å². The van der Waals surface area contributed by atoms with E-state index in [-0.39, 0.29) is 5.82 Å². The highest BCUT2D eigenvalue weighted by molar-refractivity contribution is 5.40. The zero-order valence-corrected chi connectivity index (χ0v) is 11.1. The van der Waals surface area contributed by atoms with Crippen molar-refractivity contribution in [3.8, 4) is 0 Å². The number of hydrogen-bond donors (Lipinski definition) is 2. The first kappa shape index (κ1) is 12.8. The van der Waals surface area contributed by atoms with Crippen molar-refractivity contribution in [2.45, 2.75) is 33.8 Å². The zero-order valence-electron chi connectivity index (χ0n) is 11.1. The van der Waals surface area contributed by atoms with E-state index in [1.165, 1.54) is 0 Å². The van der Waals surface area contributed by atoms with Crippen LogP contribution in [0.1, 0.15) is 39.7 Å². The molecule has 0 aliphatic carbocycles. The standard InChI is InChI=1S/C15H18FNO/c1-8-6-5-7-12(13(8)16)15(18)14-10(3)9(2)11(4)17-14/h5-7,15,17-18H,1-4H3. The molecular formula is C15H18FNO. The first-order valence-corrected chi connectivity index (χ1v) is 6.02. The quantitative estimate of drug-likeness (QED) is 0.837. The largest absolute Gasteiger partial charge is 0.382 e. The number of aryl methyl sites for hydroxylation is 2. The summed E-state index contributed by atoms with van der Waals surface area (Å²) >= 11 is 0. The van der Waals surface area contributed by atoms with Crippen LogP contribution in [0.5, 0.6) is 0 Å². The number of hydrogen-bond acceptors (Lipinski definition) is 1. The number of halogens is 1. The normalized spacial score (nSPS) is 12.8. The molecule has 2 nitrogen and oxygen atoms in total. The Bertz CT molecular complexity index is 586. The second kappa shape index (κ2) is 4.58. The van der Waals surface area contributed by atoms with Crippen LogP contribution in [0.2, 0.25) is 0 Å². The summed E-state index contributed by atoms with van der Waals surface area (Å²) in [6.07, 6.45) is -0.947. The average molecular weight is 247 g/mol. The van der Waals surface area contributed by atoms with Gasteiger partial charge in [0.15, 0.2) is 0 Å². The topological polar surface area (TPSA) is 36.0 Å². The van der Waals surface area contributed by atoms with E-state index < -0.39 is 6.10 Å². The van der Waals surface area contributed by atoms with E-state index in [0.29, 0.717) is 16.8 Å². The summed E-state index contributed by atoms with van der Waals surface area (Å²) in [6.45, 7) is 7.57. The first-order chi connectivity index (χ1) is 8.43. The van der Waals surface area contributed by atoms with E-state index in [1.54, 1.807) is 25.1 Å². The smallest absolute Gasteiger partial charge is 0.132 e. The number of H-pyrrole nitrogens is 1. The summed E-state index contributed by atoms with van der Waals surface area (Å²) in [7, 11) is 0.